The summed E-state index contributed by atoms with van der Waals surface area (Å²) in [5, 5.41) is 15.5. The average molecular weight is 630 g/mol. The van der Waals surface area contributed by atoms with Crippen molar-refractivity contribution >= 4 is 75.1 Å². The highest BCUT2D eigenvalue weighted by Crippen LogP contribution is 2.24. The first-order chi connectivity index (χ1) is 16.2. The molecular formula is C23H22Cl2IN5O2S. The van der Waals surface area contributed by atoms with Crippen LogP contribution in [0.5, 0.6) is 0 Å². The summed E-state index contributed by atoms with van der Waals surface area (Å²) in [6.07, 6.45) is 1.70. The second-order valence-corrected chi connectivity index (χ2v) is 10.4. The van der Waals surface area contributed by atoms with Crippen LogP contribution >= 0.6 is 57.6 Å². The number of benzene rings is 2. The van der Waals surface area contributed by atoms with Gasteiger partial charge in [0, 0.05) is 20.8 Å². The molecule has 0 saturated heterocycles. The third-order valence-electron chi connectivity index (χ3n) is 4.76. The van der Waals surface area contributed by atoms with Crippen LogP contribution in [-0.4, -0.2) is 32.3 Å². The number of nitrogens with one attached hydrogen (secondary N) is 2. The molecule has 3 aromatic rings. The zero-order valence-corrected chi connectivity index (χ0v) is 22.9. The van der Waals surface area contributed by atoms with E-state index in [1.165, 1.54) is 17.8 Å². The molecule has 1 aromatic heterocycles. The molecule has 2 N–H and O–H groups in total. The number of anilines is 1. The fraction of sp³-hybridized carbons (Fsp3) is 0.217. The van der Waals surface area contributed by atoms with Gasteiger partial charge in [-0.15, -0.1) is 16.8 Å². The van der Waals surface area contributed by atoms with E-state index in [0.29, 0.717) is 28.1 Å². The molecule has 0 aliphatic carbocycles. The third kappa shape index (κ3) is 6.74. The molecule has 178 valence electrons. The number of aromatic nitrogens is 3. The maximum absolute atomic E-state index is 12.7. The molecule has 0 aliphatic rings. The molecule has 1 heterocycles. The van der Waals surface area contributed by atoms with Crippen molar-refractivity contribution in [1.29, 1.82) is 0 Å². The van der Waals surface area contributed by atoms with Gasteiger partial charge in [-0.05, 0) is 78.4 Å². The van der Waals surface area contributed by atoms with Gasteiger partial charge in [0.2, 0.25) is 5.91 Å². The van der Waals surface area contributed by atoms with E-state index in [1.807, 2.05) is 29.7 Å². The SMILES string of the molecule is C=CCn1c(SCC(=O)Nc2ccc(I)cc2C)nnc1[C@H](C)NC(=O)c1ccc(Cl)cc1Cl. The van der Waals surface area contributed by atoms with Gasteiger partial charge in [-0.25, -0.2) is 0 Å². The number of amides is 2. The van der Waals surface area contributed by atoms with Gasteiger partial charge >= 0.3 is 0 Å². The summed E-state index contributed by atoms with van der Waals surface area (Å²) < 4.78 is 2.92. The number of halogens is 3. The Morgan fingerprint density at radius 1 is 1.24 bits per heavy atom. The first-order valence-corrected chi connectivity index (χ1v) is 13.0. The predicted molar refractivity (Wildman–Crippen MR) is 146 cm³/mol. The highest BCUT2D eigenvalue weighted by atomic mass is 127. The van der Waals surface area contributed by atoms with Gasteiger partial charge in [0.1, 0.15) is 0 Å². The molecule has 0 unspecified atom stereocenters. The van der Waals surface area contributed by atoms with E-state index in [1.54, 1.807) is 25.1 Å². The van der Waals surface area contributed by atoms with Crippen molar-refractivity contribution in [3.05, 3.63) is 79.6 Å². The van der Waals surface area contributed by atoms with E-state index < -0.39 is 6.04 Å². The number of rotatable bonds is 9. The van der Waals surface area contributed by atoms with E-state index in [4.69, 9.17) is 23.2 Å². The lowest BCUT2D eigenvalue weighted by Gasteiger charge is -2.16. The Labute approximate surface area is 225 Å². The molecule has 3 rings (SSSR count). The number of allylic oxidation sites excluding steroid dienone is 1. The number of hydrogen-bond acceptors (Lipinski definition) is 5. The first-order valence-electron chi connectivity index (χ1n) is 10.2. The lowest BCUT2D eigenvalue weighted by Crippen LogP contribution is -2.29. The van der Waals surface area contributed by atoms with Crippen molar-refractivity contribution in [2.45, 2.75) is 31.6 Å². The van der Waals surface area contributed by atoms with Crippen molar-refractivity contribution in [2.24, 2.45) is 0 Å². The molecule has 1 atom stereocenters. The van der Waals surface area contributed by atoms with E-state index in [2.05, 4.69) is 50.0 Å². The topological polar surface area (TPSA) is 88.9 Å². The van der Waals surface area contributed by atoms with Gasteiger partial charge in [-0.3, -0.25) is 9.59 Å². The number of nitrogens with zero attached hydrogens (tertiary/aromatic N) is 3. The molecule has 0 bridgehead atoms. The van der Waals surface area contributed by atoms with Crippen molar-refractivity contribution in [2.75, 3.05) is 11.1 Å². The lowest BCUT2D eigenvalue weighted by molar-refractivity contribution is -0.113. The summed E-state index contributed by atoms with van der Waals surface area (Å²) in [6.45, 7) is 7.96. The van der Waals surface area contributed by atoms with Gasteiger partial charge in [0.15, 0.2) is 11.0 Å². The van der Waals surface area contributed by atoms with Crippen molar-refractivity contribution in [3.63, 3.8) is 0 Å². The van der Waals surface area contributed by atoms with Gasteiger partial charge < -0.3 is 15.2 Å². The van der Waals surface area contributed by atoms with Crippen molar-refractivity contribution < 1.29 is 9.59 Å². The summed E-state index contributed by atoms with van der Waals surface area (Å²) >= 11 is 15.6. The number of carbonyl (C=O) groups excluding carboxylic acids is 2. The number of carbonyl (C=O) groups is 2. The largest absolute Gasteiger partial charge is 0.342 e. The molecule has 2 amide bonds. The number of hydrogen-bond donors (Lipinski definition) is 2. The second kappa shape index (κ2) is 12.1. The molecule has 2 aromatic carbocycles. The summed E-state index contributed by atoms with van der Waals surface area (Å²) in [5.41, 5.74) is 2.08. The van der Waals surface area contributed by atoms with E-state index in [0.717, 1.165) is 14.8 Å². The molecule has 7 nitrogen and oxygen atoms in total. The van der Waals surface area contributed by atoms with Crippen LogP contribution in [0.25, 0.3) is 0 Å². The summed E-state index contributed by atoms with van der Waals surface area (Å²) in [7, 11) is 0. The Morgan fingerprint density at radius 2 is 2.00 bits per heavy atom. The van der Waals surface area contributed by atoms with Gasteiger partial charge in [-0.2, -0.15) is 0 Å². The van der Waals surface area contributed by atoms with Gasteiger partial charge in [-0.1, -0.05) is 41.0 Å². The van der Waals surface area contributed by atoms with E-state index in [9.17, 15) is 9.59 Å². The summed E-state index contributed by atoms with van der Waals surface area (Å²) in [5.74, 6) is 0.184. The van der Waals surface area contributed by atoms with Crippen LogP contribution in [0.1, 0.15) is 34.7 Å². The van der Waals surface area contributed by atoms with Crippen molar-refractivity contribution in [3.8, 4) is 0 Å². The minimum absolute atomic E-state index is 0.150. The minimum Gasteiger partial charge on any atom is -0.342 e. The van der Waals surface area contributed by atoms with Crippen LogP contribution in [0.2, 0.25) is 10.0 Å². The van der Waals surface area contributed by atoms with Crippen LogP contribution in [0.3, 0.4) is 0 Å². The zero-order chi connectivity index (χ0) is 24.8. The number of thioether (sulfide) groups is 1. The second-order valence-electron chi connectivity index (χ2n) is 7.36. The van der Waals surface area contributed by atoms with Gasteiger partial charge in [0.05, 0.1) is 22.4 Å². The third-order valence-corrected chi connectivity index (χ3v) is 6.95. The van der Waals surface area contributed by atoms with Crippen LogP contribution in [0.15, 0.2) is 54.2 Å². The maximum atomic E-state index is 12.7. The predicted octanol–water partition coefficient (Wildman–Crippen LogP) is 5.91. The smallest absolute Gasteiger partial charge is 0.253 e. The standard InChI is InChI=1S/C23H22Cl2IN5O2S/c1-4-9-31-21(14(3)27-22(33)17-7-5-15(24)11-18(17)25)29-30-23(31)34-12-20(32)28-19-8-6-16(26)10-13(19)2/h4-8,10-11,14H,1,9,12H2,2-3H3,(H,27,33)(H,28,32)/t14-/m0/s1. The minimum atomic E-state index is -0.468. The zero-order valence-electron chi connectivity index (χ0n) is 18.4. The average Bonchev–Trinajstić information content (AvgIpc) is 3.17. The molecule has 0 saturated carbocycles. The summed E-state index contributed by atoms with van der Waals surface area (Å²) in [6, 6.07) is 10.0. The molecule has 0 aliphatic heterocycles. The Balaban J connectivity index is 1.68. The van der Waals surface area contributed by atoms with Crippen molar-refractivity contribution in [1.82, 2.24) is 20.1 Å². The molecule has 0 radical (unpaired) electrons. The van der Waals surface area contributed by atoms with Gasteiger partial charge in [0.25, 0.3) is 5.91 Å². The molecular weight excluding hydrogens is 608 g/mol. The quantitative estimate of drug-likeness (QED) is 0.175. The highest BCUT2D eigenvalue weighted by molar-refractivity contribution is 14.1. The molecule has 34 heavy (non-hydrogen) atoms. The Hall–Kier alpha value is -2.08. The normalized spacial score (nSPS) is 11.7. The fourth-order valence-corrected chi connectivity index (χ4v) is 5.02. The Bertz CT molecular complexity index is 1230. The first kappa shape index (κ1) is 26.5. The van der Waals surface area contributed by atoms with E-state index >= 15 is 0 Å². The molecule has 0 spiro atoms. The highest BCUT2D eigenvalue weighted by Gasteiger charge is 2.21. The Kier molecular flexibility index (Phi) is 9.40. The van der Waals surface area contributed by atoms with Crippen LogP contribution in [0, 0.1) is 10.5 Å². The number of aryl methyl sites for hydroxylation is 1. The van der Waals surface area contributed by atoms with Crippen LogP contribution in [0.4, 0.5) is 5.69 Å². The summed E-state index contributed by atoms with van der Waals surface area (Å²) in [4.78, 5) is 25.2. The Morgan fingerprint density at radius 3 is 2.68 bits per heavy atom. The van der Waals surface area contributed by atoms with E-state index in [-0.39, 0.29) is 22.6 Å². The molecule has 0 fully saturated rings. The fourth-order valence-electron chi connectivity index (χ4n) is 3.12. The van der Waals surface area contributed by atoms with Crippen LogP contribution in [-0.2, 0) is 11.3 Å². The lowest BCUT2D eigenvalue weighted by atomic mass is 10.2. The monoisotopic (exact) mass is 629 g/mol. The maximum Gasteiger partial charge on any atom is 0.253 e. The molecule has 11 heteroatoms. The van der Waals surface area contributed by atoms with Crippen LogP contribution < -0.4 is 10.6 Å².